The van der Waals surface area contributed by atoms with Gasteiger partial charge in [-0.3, -0.25) is 14.4 Å². The third-order valence-electron chi connectivity index (χ3n) is 4.08. The van der Waals surface area contributed by atoms with Crippen LogP contribution in [0.15, 0.2) is 36.4 Å². The quantitative estimate of drug-likeness (QED) is 0.455. The Labute approximate surface area is 146 Å². The van der Waals surface area contributed by atoms with Gasteiger partial charge >= 0.3 is 11.9 Å². The number of hydrogen-bond acceptors (Lipinski definition) is 6. The second-order valence-electron chi connectivity index (χ2n) is 5.46. The van der Waals surface area contributed by atoms with Crippen LogP contribution in [0.3, 0.4) is 0 Å². The fraction of sp³-hybridized carbons (Fsp3) is 0.389. The zero-order valence-corrected chi connectivity index (χ0v) is 14.4. The Bertz CT molecular complexity index is 651. The van der Waals surface area contributed by atoms with E-state index in [1.54, 1.807) is 37.5 Å². The Morgan fingerprint density at radius 3 is 2.16 bits per heavy atom. The third kappa shape index (κ3) is 3.99. The summed E-state index contributed by atoms with van der Waals surface area (Å²) in [7, 11) is 3.93. The highest BCUT2D eigenvalue weighted by atomic mass is 16.5. The lowest BCUT2D eigenvalue weighted by Gasteiger charge is -2.35. The van der Waals surface area contributed by atoms with E-state index in [2.05, 4.69) is 0 Å². The summed E-state index contributed by atoms with van der Waals surface area (Å²) in [4.78, 5) is 38.5. The molecule has 0 saturated carbocycles. The van der Waals surface area contributed by atoms with Gasteiger partial charge in [0.05, 0.1) is 27.4 Å². The van der Waals surface area contributed by atoms with Crippen molar-refractivity contribution in [3.05, 3.63) is 42.0 Å². The second-order valence-corrected chi connectivity index (χ2v) is 5.46. The maximum absolute atomic E-state index is 12.9. The molecule has 1 unspecified atom stereocenters. The molecule has 1 aromatic rings. The zero-order chi connectivity index (χ0) is 18.4. The van der Waals surface area contributed by atoms with E-state index in [-0.39, 0.29) is 5.91 Å². The van der Waals surface area contributed by atoms with Crippen molar-refractivity contribution >= 4 is 17.8 Å². The van der Waals surface area contributed by atoms with E-state index in [4.69, 9.17) is 14.2 Å². The molecular formula is C18H21NO6. The largest absolute Gasteiger partial charge is 0.497 e. The van der Waals surface area contributed by atoms with Gasteiger partial charge in [-0.25, -0.2) is 0 Å². The van der Waals surface area contributed by atoms with Gasteiger partial charge in [0.15, 0.2) is 5.92 Å². The number of hydrogen-bond donors (Lipinski definition) is 0. The molecule has 7 heteroatoms. The molecule has 1 atom stereocenters. The highest BCUT2D eigenvalue weighted by molar-refractivity contribution is 5.99. The van der Waals surface area contributed by atoms with Crippen molar-refractivity contribution in [1.82, 2.24) is 4.90 Å². The van der Waals surface area contributed by atoms with Crippen LogP contribution in [0.2, 0.25) is 0 Å². The van der Waals surface area contributed by atoms with Gasteiger partial charge in [-0.05, 0) is 30.7 Å². The molecule has 0 radical (unpaired) electrons. The maximum Gasteiger partial charge on any atom is 0.322 e. The van der Waals surface area contributed by atoms with E-state index in [0.717, 1.165) is 0 Å². The SMILES string of the molecule is COC(=O)C(C(=O)OC)C1C=CCCN1C(=O)c1ccc(OC)cc1. The van der Waals surface area contributed by atoms with E-state index in [1.807, 2.05) is 6.08 Å². The van der Waals surface area contributed by atoms with Gasteiger partial charge in [0.1, 0.15) is 5.75 Å². The summed E-state index contributed by atoms with van der Waals surface area (Å²) in [6.07, 6.45) is 4.14. The zero-order valence-electron chi connectivity index (χ0n) is 14.4. The predicted octanol–water partition coefficient (Wildman–Crippen LogP) is 1.43. The van der Waals surface area contributed by atoms with E-state index in [0.29, 0.717) is 24.3 Å². The highest BCUT2D eigenvalue weighted by Crippen LogP contribution is 2.24. The van der Waals surface area contributed by atoms with Gasteiger partial charge < -0.3 is 19.1 Å². The number of nitrogens with zero attached hydrogens (tertiary/aromatic N) is 1. The van der Waals surface area contributed by atoms with Crippen molar-refractivity contribution in [1.29, 1.82) is 0 Å². The molecule has 0 aliphatic carbocycles. The molecule has 0 saturated heterocycles. The molecule has 0 fully saturated rings. The van der Waals surface area contributed by atoms with Gasteiger partial charge in [0.2, 0.25) is 0 Å². The van der Waals surface area contributed by atoms with Gasteiger partial charge in [-0.1, -0.05) is 12.2 Å². The number of carbonyl (C=O) groups excluding carboxylic acids is 3. The molecule has 134 valence electrons. The van der Waals surface area contributed by atoms with E-state index >= 15 is 0 Å². The van der Waals surface area contributed by atoms with Crippen molar-refractivity contribution in [2.24, 2.45) is 5.92 Å². The monoisotopic (exact) mass is 347 g/mol. The fourth-order valence-corrected chi connectivity index (χ4v) is 2.76. The Morgan fingerprint density at radius 2 is 1.64 bits per heavy atom. The Morgan fingerprint density at radius 1 is 1.04 bits per heavy atom. The summed E-state index contributed by atoms with van der Waals surface area (Å²) < 4.78 is 14.5. The first-order valence-electron chi connectivity index (χ1n) is 7.80. The molecule has 1 amide bonds. The van der Waals surface area contributed by atoms with Gasteiger partial charge in [0, 0.05) is 12.1 Å². The van der Waals surface area contributed by atoms with Gasteiger partial charge in [0.25, 0.3) is 5.91 Å². The van der Waals surface area contributed by atoms with E-state index < -0.39 is 23.9 Å². The number of rotatable bonds is 5. The molecule has 1 aliphatic heterocycles. The molecule has 0 N–H and O–H groups in total. The molecule has 1 aromatic carbocycles. The fourth-order valence-electron chi connectivity index (χ4n) is 2.76. The van der Waals surface area contributed by atoms with Crippen LogP contribution in [0.1, 0.15) is 16.8 Å². The Balaban J connectivity index is 2.33. The van der Waals surface area contributed by atoms with Crippen LogP contribution in [-0.2, 0) is 19.1 Å². The molecule has 0 bridgehead atoms. The average Bonchev–Trinajstić information content (AvgIpc) is 2.67. The van der Waals surface area contributed by atoms with Crippen molar-refractivity contribution in [2.75, 3.05) is 27.9 Å². The van der Waals surface area contributed by atoms with Gasteiger partial charge in [-0.2, -0.15) is 0 Å². The Hall–Kier alpha value is -2.83. The standard InChI is InChI=1S/C18H21NO6/c1-23-13-9-7-12(8-10-13)16(20)19-11-5-4-6-14(19)15(17(21)24-2)18(22)25-3/h4,6-10,14-15H,5,11H2,1-3H3. The molecule has 0 aromatic heterocycles. The number of esters is 2. The van der Waals surface area contributed by atoms with Crippen LogP contribution in [0.25, 0.3) is 0 Å². The lowest BCUT2D eigenvalue weighted by atomic mass is 9.94. The molecule has 1 heterocycles. The normalized spacial score (nSPS) is 16.5. The number of methoxy groups -OCH3 is 3. The minimum Gasteiger partial charge on any atom is -0.497 e. The summed E-state index contributed by atoms with van der Waals surface area (Å²) in [6, 6.07) is 5.88. The summed E-state index contributed by atoms with van der Waals surface area (Å²) in [5, 5.41) is 0. The smallest absolute Gasteiger partial charge is 0.322 e. The molecule has 2 rings (SSSR count). The molecule has 7 nitrogen and oxygen atoms in total. The van der Waals surface area contributed by atoms with Gasteiger partial charge in [-0.15, -0.1) is 0 Å². The van der Waals surface area contributed by atoms with Crippen LogP contribution in [0.5, 0.6) is 5.75 Å². The summed E-state index contributed by atoms with van der Waals surface area (Å²) in [5.74, 6) is -2.36. The number of carbonyl (C=O) groups is 3. The molecule has 0 spiro atoms. The van der Waals surface area contributed by atoms with Crippen LogP contribution in [-0.4, -0.2) is 56.7 Å². The third-order valence-corrected chi connectivity index (χ3v) is 4.08. The highest BCUT2D eigenvalue weighted by Gasteiger charge is 2.41. The molecule has 1 aliphatic rings. The van der Waals surface area contributed by atoms with Crippen molar-refractivity contribution in [3.63, 3.8) is 0 Å². The van der Waals surface area contributed by atoms with Crippen LogP contribution in [0.4, 0.5) is 0 Å². The van der Waals surface area contributed by atoms with E-state index in [9.17, 15) is 14.4 Å². The minimum absolute atomic E-state index is 0.283. The minimum atomic E-state index is -1.23. The number of benzene rings is 1. The lowest BCUT2D eigenvalue weighted by molar-refractivity contribution is -0.160. The topological polar surface area (TPSA) is 82.1 Å². The summed E-state index contributed by atoms with van der Waals surface area (Å²) in [5.41, 5.74) is 0.439. The van der Waals surface area contributed by atoms with Crippen molar-refractivity contribution in [2.45, 2.75) is 12.5 Å². The summed E-state index contributed by atoms with van der Waals surface area (Å²) >= 11 is 0. The van der Waals surface area contributed by atoms with Crippen LogP contribution < -0.4 is 4.74 Å². The second kappa shape index (κ2) is 8.32. The first-order valence-corrected chi connectivity index (χ1v) is 7.80. The molecule has 25 heavy (non-hydrogen) atoms. The van der Waals surface area contributed by atoms with Crippen LogP contribution in [0, 0.1) is 5.92 Å². The lowest BCUT2D eigenvalue weighted by Crippen LogP contribution is -2.50. The molecular weight excluding hydrogens is 326 g/mol. The predicted molar refractivity (Wildman–Crippen MR) is 89.1 cm³/mol. The first-order chi connectivity index (χ1) is 12.0. The maximum atomic E-state index is 12.9. The van der Waals surface area contributed by atoms with Crippen LogP contribution >= 0.6 is 0 Å². The average molecular weight is 347 g/mol. The summed E-state index contributed by atoms with van der Waals surface area (Å²) in [6.45, 7) is 0.385. The van der Waals surface area contributed by atoms with Crippen molar-refractivity contribution < 1.29 is 28.6 Å². The number of ether oxygens (including phenoxy) is 3. The first kappa shape index (κ1) is 18.5. The van der Waals surface area contributed by atoms with E-state index in [1.165, 1.54) is 19.1 Å². The van der Waals surface area contributed by atoms with Crippen molar-refractivity contribution in [3.8, 4) is 5.75 Å². The Kier molecular flexibility index (Phi) is 6.16. The number of amides is 1.